The summed E-state index contributed by atoms with van der Waals surface area (Å²) in [5.74, 6) is 0.884. The highest BCUT2D eigenvalue weighted by Crippen LogP contribution is 2.47. The lowest BCUT2D eigenvalue weighted by Gasteiger charge is -2.27. The Morgan fingerprint density at radius 3 is 2.80 bits per heavy atom. The molecule has 4 unspecified atom stereocenters. The van der Waals surface area contributed by atoms with Crippen LogP contribution in [0.3, 0.4) is 0 Å². The lowest BCUT2D eigenvalue weighted by atomic mass is 9.84. The average molecular weight is 275 g/mol. The van der Waals surface area contributed by atoms with E-state index in [9.17, 15) is 9.59 Å². The van der Waals surface area contributed by atoms with Gasteiger partial charge in [0.2, 0.25) is 5.91 Å². The standard InChI is InChI=1S/C15H21N3O2/c1-2-18-8-11(5-6-12(18)19)17-15(20)13-9-3-4-10(7-9)14(13)16/h5-6,8-10,13-14H,2-4,7,16H2,1H3,(H,17,20). The van der Waals surface area contributed by atoms with Crippen molar-refractivity contribution in [3.63, 3.8) is 0 Å². The molecule has 2 saturated carbocycles. The Balaban J connectivity index is 1.75. The molecule has 1 heterocycles. The SMILES string of the molecule is CCn1cc(NC(=O)C2C3CCC(C3)C2N)ccc1=O. The number of nitrogens with one attached hydrogen (secondary N) is 1. The summed E-state index contributed by atoms with van der Waals surface area (Å²) >= 11 is 0. The number of hydrogen-bond acceptors (Lipinski definition) is 3. The maximum atomic E-state index is 12.4. The number of hydrogen-bond donors (Lipinski definition) is 2. The summed E-state index contributed by atoms with van der Waals surface area (Å²) in [6.45, 7) is 2.50. The number of rotatable bonds is 3. The Labute approximate surface area is 118 Å². The molecule has 0 saturated heterocycles. The molecule has 0 aromatic carbocycles. The smallest absolute Gasteiger partial charge is 0.250 e. The van der Waals surface area contributed by atoms with Gasteiger partial charge >= 0.3 is 0 Å². The number of nitrogens with zero attached hydrogens (tertiary/aromatic N) is 1. The van der Waals surface area contributed by atoms with Crippen molar-refractivity contribution < 1.29 is 4.79 Å². The van der Waals surface area contributed by atoms with Crippen molar-refractivity contribution in [2.45, 2.75) is 38.8 Å². The van der Waals surface area contributed by atoms with Crippen molar-refractivity contribution in [3.8, 4) is 0 Å². The quantitative estimate of drug-likeness (QED) is 0.869. The molecule has 3 N–H and O–H groups in total. The number of carbonyl (C=O) groups is 1. The average Bonchev–Trinajstić information content (AvgIpc) is 3.01. The van der Waals surface area contributed by atoms with E-state index in [0.717, 1.165) is 19.3 Å². The van der Waals surface area contributed by atoms with Crippen molar-refractivity contribution >= 4 is 11.6 Å². The first-order valence-electron chi connectivity index (χ1n) is 7.37. The molecule has 20 heavy (non-hydrogen) atoms. The van der Waals surface area contributed by atoms with E-state index in [0.29, 0.717) is 24.1 Å². The summed E-state index contributed by atoms with van der Waals surface area (Å²) < 4.78 is 1.58. The molecule has 1 aromatic heterocycles. The largest absolute Gasteiger partial charge is 0.327 e. The zero-order chi connectivity index (χ0) is 14.3. The Morgan fingerprint density at radius 2 is 2.15 bits per heavy atom. The summed E-state index contributed by atoms with van der Waals surface area (Å²) in [5, 5.41) is 2.92. The summed E-state index contributed by atoms with van der Waals surface area (Å²) in [7, 11) is 0. The van der Waals surface area contributed by atoms with E-state index >= 15 is 0 Å². The first-order valence-corrected chi connectivity index (χ1v) is 7.37. The highest BCUT2D eigenvalue weighted by atomic mass is 16.2. The third-order valence-corrected chi connectivity index (χ3v) is 4.88. The molecule has 3 rings (SSSR count). The van der Waals surface area contributed by atoms with Gasteiger partial charge in [-0.15, -0.1) is 0 Å². The van der Waals surface area contributed by atoms with Crippen LogP contribution in [0.5, 0.6) is 0 Å². The molecule has 2 aliphatic rings. The molecule has 5 nitrogen and oxygen atoms in total. The molecule has 0 radical (unpaired) electrons. The molecule has 0 spiro atoms. The van der Waals surface area contributed by atoms with Crippen LogP contribution in [0.1, 0.15) is 26.2 Å². The second-order valence-electron chi connectivity index (χ2n) is 5.97. The van der Waals surface area contributed by atoms with Gasteiger partial charge in [-0.05, 0) is 44.1 Å². The molecule has 2 bridgehead atoms. The predicted molar refractivity (Wildman–Crippen MR) is 77.3 cm³/mol. The summed E-state index contributed by atoms with van der Waals surface area (Å²) in [6.07, 6.45) is 5.06. The van der Waals surface area contributed by atoms with E-state index < -0.39 is 0 Å². The maximum Gasteiger partial charge on any atom is 0.250 e. The summed E-state index contributed by atoms with van der Waals surface area (Å²) in [4.78, 5) is 24.0. The van der Waals surface area contributed by atoms with E-state index in [1.807, 2.05) is 6.92 Å². The lowest BCUT2D eigenvalue weighted by Crippen LogP contribution is -2.42. The minimum Gasteiger partial charge on any atom is -0.327 e. The van der Waals surface area contributed by atoms with Crippen LogP contribution in [0.25, 0.3) is 0 Å². The van der Waals surface area contributed by atoms with Crippen LogP contribution >= 0.6 is 0 Å². The van der Waals surface area contributed by atoms with Crippen molar-refractivity contribution in [2.75, 3.05) is 5.32 Å². The molecule has 1 aromatic rings. The monoisotopic (exact) mass is 275 g/mol. The third kappa shape index (κ3) is 2.16. The third-order valence-electron chi connectivity index (χ3n) is 4.88. The molecule has 2 aliphatic carbocycles. The molecule has 0 aliphatic heterocycles. The van der Waals surface area contributed by atoms with Crippen LogP contribution in [-0.2, 0) is 11.3 Å². The zero-order valence-corrected chi connectivity index (χ0v) is 11.7. The minimum atomic E-state index is -0.0734. The highest BCUT2D eigenvalue weighted by molar-refractivity contribution is 5.93. The van der Waals surface area contributed by atoms with Crippen LogP contribution in [0.4, 0.5) is 5.69 Å². The van der Waals surface area contributed by atoms with Gasteiger partial charge in [0.25, 0.3) is 5.56 Å². The normalized spacial score (nSPS) is 31.5. The zero-order valence-electron chi connectivity index (χ0n) is 11.7. The number of pyridine rings is 1. The van der Waals surface area contributed by atoms with Crippen LogP contribution in [-0.4, -0.2) is 16.5 Å². The fourth-order valence-electron chi connectivity index (χ4n) is 3.80. The van der Waals surface area contributed by atoms with Crippen LogP contribution < -0.4 is 16.6 Å². The first kappa shape index (κ1) is 13.4. The van der Waals surface area contributed by atoms with Gasteiger partial charge in [-0.1, -0.05) is 0 Å². The van der Waals surface area contributed by atoms with Gasteiger partial charge in [-0.25, -0.2) is 0 Å². The number of amides is 1. The lowest BCUT2D eigenvalue weighted by molar-refractivity contribution is -0.121. The van der Waals surface area contributed by atoms with Crippen LogP contribution in [0.15, 0.2) is 23.1 Å². The molecule has 4 atom stereocenters. The number of aryl methyl sites for hydroxylation is 1. The van der Waals surface area contributed by atoms with Gasteiger partial charge in [0.15, 0.2) is 0 Å². The Kier molecular flexibility index (Phi) is 3.38. The van der Waals surface area contributed by atoms with Crippen LogP contribution in [0.2, 0.25) is 0 Å². The van der Waals surface area contributed by atoms with Crippen LogP contribution in [0, 0.1) is 17.8 Å². The number of carbonyl (C=O) groups excluding carboxylic acids is 1. The van der Waals surface area contributed by atoms with Gasteiger partial charge in [0, 0.05) is 24.8 Å². The number of nitrogens with two attached hydrogens (primary N) is 1. The first-order chi connectivity index (χ1) is 9.60. The van der Waals surface area contributed by atoms with Gasteiger partial charge in [-0.2, -0.15) is 0 Å². The Morgan fingerprint density at radius 1 is 1.40 bits per heavy atom. The van der Waals surface area contributed by atoms with E-state index in [4.69, 9.17) is 5.73 Å². The van der Waals surface area contributed by atoms with Gasteiger partial charge in [-0.3, -0.25) is 9.59 Å². The molecule has 5 heteroatoms. The molecule has 2 fully saturated rings. The fraction of sp³-hybridized carbons (Fsp3) is 0.600. The molecule has 1 amide bonds. The minimum absolute atomic E-state index is 0.00556. The van der Waals surface area contributed by atoms with E-state index in [1.165, 1.54) is 6.07 Å². The van der Waals surface area contributed by atoms with Crippen molar-refractivity contribution in [2.24, 2.45) is 23.5 Å². The van der Waals surface area contributed by atoms with Crippen molar-refractivity contribution in [1.29, 1.82) is 0 Å². The van der Waals surface area contributed by atoms with Gasteiger partial charge in [0.05, 0.1) is 11.6 Å². The van der Waals surface area contributed by atoms with E-state index in [1.54, 1.807) is 16.8 Å². The van der Waals surface area contributed by atoms with Gasteiger partial charge < -0.3 is 15.6 Å². The number of anilines is 1. The van der Waals surface area contributed by atoms with Crippen molar-refractivity contribution in [1.82, 2.24) is 4.57 Å². The molecular formula is C15H21N3O2. The second kappa shape index (κ2) is 5.05. The number of fused-ring (bicyclic) bond motifs is 2. The summed E-state index contributed by atoms with van der Waals surface area (Å²) in [6, 6.07) is 3.14. The maximum absolute atomic E-state index is 12.4. The van der Waals surface area contributed by atoms with Gasteiger partial charge in [0.1, 0.15) is 0 Å². The Bertz CT molecular complexity index is 579. The fourth-order valence-corrected chi connectivity index (χ4v) is 3.80. The predicted octanol–water partition coefficient (Wildman–Crippen LogP) is 1.18. The van der Waals surface area contributed by atoms with E-state index in [-0.39, 0.29) is 23.4 Å². The Hall–Kier alpha value is -1.62. The summed E-state index contributed by atoms with van der Waals surface area (Å²) in [5.41, 5.74) is 6.80. The van der Waals surface area contributed by atoms with Crippen molar-refractivity contribution in [3.05, 3.63) is 28.7 Å². The number of aromatic nitrogens is 1. The molecule has 108 valence electrons. The van der Waals surface area contributed by atoms with E-state index in [2.05, 4.69) is 5.32 Å². The second-order valence-corrected chi connectivity index (χ2v) is 5.97. The highest BCUT2D eigenvalue weighted by Gasteiger charge is 2.49. The topological polar surface area (TPSA) is 77.1 Å². The molecular weight excluding hydrogens is 254 g/mol.